The fraction of sp³-hybridized carbons (Fsp3) is 0.312. The molecule has 0 fully saturated rings. The monoisotopic (exact) mass is 288 g/mol. The molecular weight excluding hydrogens is 268 g/mol. The van der Waals surface area contributed by atoms with Crippen molar-refractivity contribution in [2.24, 2.45) is 0 Å². The molecular formula is C16H20N2OS. The van der Waals surface area contributed by atoms with Crippen LogP contribution in [-0.4, -0.2) is 12.5 Å². The third kappa shape index (κ3) is 4.47. The SMILES string of the molecule is CCc1ccsc1CNCC(=O)NCc1ccccc1. The molecule has 0 spiro atoms. The van der Waals surface area contributed by atoms with Gasteiger partial charge < -0.3 is 10.6 Å². The van der Waals surface area contributed by atoms with Crippen molar-refractivity contribution < 1.29 is 4.79 Å². The summed E-state index contributed by atoms with van der Waals surface area (Å²) in [5.41, 5.74) is 2.49. The van der Waals surface area contributed by atoms with Gasteiger partial charge in [-0.3, -0.25) is 4.79 Å². The molecule has 2 rings (SSSR count). The highest BCUT2D eigenvalue weighted by atomic mass is 32.1. The lowest BCUT2D eigenvalue weighted by molar-refractivity contribution is -0.120. The number of amides is 1. The van der Waals surface area contributed by atoms with Crippen LogP contribution < -0.4 is 10.6 Å². The summed E-state index contributed by atoms with van der Waals surface area (Å²) in [4.78, 5) is 13.1. The third-order valence-corrected chi connectivity index (χ3v) is 4.09. The molecule has 4 heteroatoms. The highest BCUT2D eigenvalue weighted by Crippen LogP contribution is 2.16. The number of benzene rings is 1. The van der Waals surface area contributed by atoms with Crippen LogP contribution in [0.2, 0.25) is 0 Å². The minimum Gasteiger partial charge on any atom is -0.351 e. The summed E-state index contributed by atoms with van der Waals surface area (Å²) in [6.45, 7) is 3.85. The van der Waals surface area contributed by atoms with Crippen molar-refractivity contribution >= 4 is 17.2 Å². The van der Waals surface area contributed by atoms with E-state index in [4.69, 9.17) is 0 Å². The predicted molar refractivity (Wildman–Crippen MR) is 83.7 cm³/mol. The number of carbonyl (C=O) groups is 1. The van der Waals surface area contributed by atoms with E-state index in [9.17, 15) is 4.79 Å². The normalized spacial score (nSPS) is 10.4. The van der Waals surface area contributed by atoms with Crippen molar-refractivity contribution in [2.45, 2.75) is 26.4 Å². The first kappa shape index (κ1) is 14.8. The van der Waals surface area contributed by atoms with E-state index in [1.165, 1.54) is 10.4 Å². The van der Waals surface area contributed by atoms with E-state index in [0.29, 0.717) is 13.1 Å². The van der Waals surface area contributed by atoms with E-state index in [1.807, 2.05) is 30.3 Å². The van der Waals surface area contributed by atoms with Crippen LogP contribution in [0.5, 0.6) is 0 Å². The molecule has 0 aliphatic heterocycles. The molecule has 3 nitrogen and oxygen atoms in total. The Hall–Kier alpha value is -1.65. The smallest absolute Gasteiger partial charge is 0.234 e. The number of rotatable bonds is 7. The molecule has 2 N–H and O–H groups in total. The zero-order valence-electron chi connectivity index (χ0n) is 11.7. The van der Waals surface area contributed by atoms with Gasteiger partial charge >= 0.3 is 0 Å². The van der Waals surface area contributed by atoms with Crippen LogP contribution >= 0.6 is 11.3 Å². The maximum atomic E-state index is 11.7. The van der Waals surface area contributed by atoms with Gasteiger partial charge in [0, 0.05) is 18.0 Å². The second kappa shape index (κ2) is 7.82. The Morgan fingerprint density at radius 1 is 1.15 bits per heavy atom. The molecule has 0 aliphatic rings. The Morgan fingerprint density at radius 2 is 1.95 bits per heavy atom. The van der Waals surface area contributed by atoms with Crippen LogP contribution in [0.3, 0.4) is 0 Å². The minimum absolute atomic E-state index is 0.0310. The maximum Gasteiger partial charge on any atom is 0.234 e. The lowest BCUT2D eigenvalue weighted by Gasteiger charge is -2.07. The molecule has 1 amide bonds. The molecule has 20 heavy (non-hydrogen) atoms. The number of carbonyl (C=O) groups excluding carboxylic acids is 1. The molecule has 0 atom stereocenters. The van der Waals surface area contributed by atoms with Gasteiger partial charge in [-0.1, -0.05) is 37.3 Å². The van der Waals surface area contributed by atoms with E-state index in [0.717, 1.165) is 18.5 Å². The Bertz CT molecular complexity index is 536. The van der Waals surface area contributed by atoms with Gasteiger partial charge in [0.15, 0.2) is 0 Å². The van der Waals surface area contributed by atoms with Crippen LogP contribution in [0.25, 0.3) is 0 Å². The van der Waals surface area contributed by atoms with Crippen LogP contribution in [0, 0.1) is 0 Å². The summed E-state index contributed by atoms with van der Waals surface area (Å²) < 4.78 is 0. The average molecular weight is 288 g/mol. The third-order valence-electron chi connectivity index (χ3n) is 3.12. The van der Waals surface area contributed by atoms with Gasteiger partial charge in [0.25, 0.3) is 0 Å². The first-order chi connectivity index (χ1) is 9.79. The Morgan fingerprint density at radius 3 is 2.70 bits per heavy atom. The molecule has 0 aliphatic carbocycles. The largest absolute Gasteiger partial charge is 0.351 e. The van der Waals surface area contributed by atoms with E-state index in [2.05, 4.69) is 29.0 Å². The van der Waals surface area contributed by atoms with Crippen LogP contribution in [0.1, 0.15) is 22.9 Å². The zero-order valence-corrected chi connectivity index (χ0v) is 12.5. The van der Waals surface area contributed by atoms with E-state index in [-0.39, 0.29) is 5.91 Å². The fourth-order valence-corrected chi connectivity index (χ4v) is 2.93. The van der Waals surface area contributed by atoms with E-state index < -0.39 is 0 Å². The lowest BCUT2D eigenvalue weighted by Crippen LogP contribution is -2.33. The van der Waals surface area contributed by atoms with Gasteiger partial charge in [0.2, 0.25) is 5.91 Å². The van der Waals surface area contributed by atoms with Crippen LogP contribution in [0.4, 0.5) is 0 Å². The Balaban J connectivity index is 1.68. The molecule has 2 aromatic rings. The van der Waals surface area contributed by atoms with E-state index >= 15 is 0 Å². The first-order valence-corrected chi connectivity index (χ1v) is 7.74. The van der Waals surface area contributed by atoms with Crippen molar-refractivity contribution in [3.05, 3.63) is 57.8 Å². The Labute approximate surface area is 124 Å². The first-order valence-electron chi connectivity index (χ1n) is 6.86. The number of hydrogen-bond acceptors (Lipinski definition) is 3. The van der Waals surface area contributed by atoms with E-state index in [1.54, 1.807) is 11.3 Å². The number of nitrogens with one attached hydrogen (secondary N) is 2. The summed E-state index contributed by atoms with van der Waals surface area (Å²) >= 11 is 1.74. The second-order valence-corrected chi connectivity index (χ2v) is 5.59. The summed E-state index contributed by atoms with van der Waals surface area (Å²) in [5.74, 6) is 0.0310. The molecule has 0 saturated carbocycles. The summed E-state index contributed by atoms with van der Waals surface area (Å²) in [6, 6.07) is 12.1. The predicted octanol–water partition coefficient (Wildman–Crippen LogP) is 2.72. The molecule has 106 valence electrons. The number of thiophene rings is 1. The van der Waals surface area contributed by atoms with Gasteiger partial charge in [-0.25, -0.2) is 0 Å². The summed E-state index contributed by atoms with van der Waals surface area (Å²) in [7, 11) is 0. The molecule has 1 aromatic heterocycles. The molecule has 0 saturated heterocycles. The summed E-state index contributed by atoms with van der Waals surface area (Å²) in [5, 5.41) is 8.21. The lowest BCUT2D eigenvalue weighted by atomic mass is 10.2. The summed E-state index contributed by atoms with van der Waals surface area (Å²) in [6.07, 6.45) is 1.04. The van der Waals surface area contributed by atoms with Crippen molar-refractivity contribution in [3.63, 3.8) is 0 Å². The molecule has 0 unspecified atom stereocenters. The van der Waals surface area contributed by atoms with Crippen molar-refractivity contribution in [1.82, 2.24) is 10.6 Å². The second-order valence-electron chi connectivity index (χ2n) is 4.59. The molecule has 0 bridgehead atoms. The molecule has 1 aromatic carbocycles. The maximum absolute atomic E-state index is 11.7. The van der Waals surface area contributed by atoms with Gasteiger partial charge in [-0.05, 0) is 29.0 Å². The van der Waals surface area contributed by atoms with Gasteiger partial charge in [-0.15, -0.1) is 11.3 Å². The molecule has 0 radical (unpaired) electrons. The fourth-order valence-electron chi connectivity index (χ4n) is 1.99. The zero-order chi connectivity index (χ0) is 14.2. The highest BCUT2D eigenvalue weighted by Gasteiger charge is 2.04. The van der Waals surface area contributed by atoms with Crippen LogP contribution in [0.15, 0.2) is 41.8 Å². The number of hydrogen-bond donors (Lipinski definition) is 2. The minimum atomic E-state index is 0.0310. The average Bonchev–Trinajstić information content (AvgIpc) is 2.94. The Kier molecular flexibility index (Phi) is 5.77. The number of aryl methyl sites for hydroxylation is 1. The van der Waals surface area contributed by atoms with Crippen molar-refractivity contribution in [3.8, 4) is 0 Å². The highest BCUT2D eigenvalue weighted by molar-refractivity contribution is 7.10. The topological polar surface area (TPSA) is 41.1 Å². The van der Waals surface area contributed by atoms with Gasteiger partial charge in [0.1, 0.15) is 0 Å². The van der Waals surface area contributed by atoms with Gasteiger partial charge in [-0.2, -0.15) is 0 Å². The van der Waals surface area contributed by atoms with Crippen molar-refractivity contribution in [1.29, 1.82) is 0 Å². The standard InChI is InChI=1S/C16H20N2OS/c1-2-14-8-9-20-15(14)11-17-12-16(19)18-10-13-6-4-3-5-7-13/h3-9,17H,2,10-12H2,1H3,(H,18,19). The van der Waals surface area contributed by atoms with Gasteiger partial charge in [0.05, 0.1) is 6.54 Å². The quantitative estimate of drug-likeness (QED) is 0.822. The van der Waals surface area contributed by atoms with Crippen molar-refractivity contribution in [2.75, 3.05) is 6.54 Å². The van der Waals surface area contributed by atoms with Crippen LogP contribution in [-0.2, 0) is 24.3 Å². The molecule has 1 heterocycles.